The maximum Gasteiger partial charge on any atom is 0.469 e. The summed E-state index contributed by atoms with van der Waals surface area (Å²) in [7, 11) is -4.83. The number of aliphatic imine (C=N–C) groups is 1. The van der Waals surface area contributed by atoms with Crippen molar-refractivity contribution >= 4 is 54.6 Å². The Hall–Kier alpha value is -2.65. The first-order chi connectivity index (χ1) is 15.1. The molecule has 0 amide bonds. The van der Waals surface area contributed by atoms with Gasteiger partial charge in [-0.05, 0) is 35.9 Å². The van der Waals surface area contributed by atoms with Crippen LogP contribution in [0.1, 0.15) is 22.9 Å². The number of rotatable bonds is 6. The standard InChI is InChI=1S/C20H16Cl2N3O6P/c21-13-3-1-11(2-4-13)18(10-31-32(28,29)30)25-19(26)17(24-20(25)27)7-12-9-23-16-8-14(22)5-6-15(12)16/h1-9,18,26H,10H2,(H,24,27)(H2,28,29,30)/b12-7+. The molecule has 0 radical (unpaired) electrons. The van der Waals surface area contributed by atoms with Crippen molar-refractivity contribution in [1.82, 2.24) is 9.55 Å². The van der Waals surface area contributed by atoms with Gasteiger partial charge in [0, 0.05) is 27.4 Å². The van der Waals surface area contributed by atoms with Crippen LogP contribution in [0.4, 0.5) is 5.69 Å². The lowest BCUT2D eigenvalue weighted by Crippen LogP contribution is -2.26. The smallest absolute Gasteiger partial charge is 0.469 e. The van der Waals surface area contributed by atoms with Crippen molar-refractivity contribution in [3.8, 4) is 5.88 Å². The molecule has 1 atom stereocenters. The first kappa shape index (κ1) is 22.5. The van der Waals surface area contributed by atoms with Crippen LogP contribution in [0.5, 0.6) is 5.88 Å². The van der Waals surface area contributed by atoms with Crippen LogP contribution in [0, 0.1) is 0 Å². The zero-order valence-corrected chi connectivity index (χ0v) is 18.6. The van der Waals surface area contributed by atoms with Crippen molar-refractivity contribution in [3.63, 3.8) is 0 Å². The molecule has 166 valence electrons. The van der Waals surface area contributed by atoms with E-state index in [1.165, 1.54) is 0 Å². The minimum atomic E-state index is -4.83. The Kier molecular flexibility index (Phi) is 6.13. The first-order valence-corrected chi connectivity index (χ1v) is 11.5. The summed E-state index contributed by atoms with van der Waals surface area (Å²) in [6.45, 7) is -0.573. The Balaban J connectivity index is 1.76. The van der Waals surface area contributed by atoms with Gasteiger partial charge >= 0.3 is 13.5 Å². The van der Waals surface area contributed by atoms with Crippen LogP contribution in [0.2, 0.25) is 10.0 Å². The van der Waals surface area contributed by atoms with Crippen molar-refractivity contribution in [2.75, 3.05) is 6.61 Å². The molecule has 4 N–H and O–H groups in total. The topological polar surface area (TPSA) is 137 Å². The van der Waals surface area contributed by atoms with Crippen LogP contribution < -0.4 is 5.69 Å². The van der Waals surface area contributed by atoms with Gasteiger partial charge in [0.2, 0.25) is 5.88 Å². The van der Waals surface area contributed by atoms with Crippen molar-refractivity contribution in [3.05, 3.63) is 79.8 Å². The normalized spacial score (nSPS) is 15.3. The number of benzene rings is 2. The second-order valence-electron chi connectivity index (χ2n) is 6.91. The van der Waals surface area contributed by atoms with Gasteiger partial charge in [-0.1, -0.05) is 41.4 Å². The number of aromatic hydroxyl groups is 1. The summed E-state index contributed by atoms with van der Waals surface area (Å²) in [6.07, 6.45) is 3.11. The molecule has 2 heterocycles. The third-order valence-electron chi connectivity index (χ3n) is 4.81. The highest BCUT2D eigenvalue weighted by atomic mass is 35.5. The van der Waals surface area contributed by atoms with E-state index in [2.05, 4.69) is 14.5 Å². The molecular weight excluding hydrogens is 480 g/mol. The quantitative estimate of drug-likeness (QED) is 0.379. The highest BCUT2D eigenvalue weighted by Crippen LogP contribution is 2.39. The number of H-pyrrole nitrogens is 1. The minimum Gasteiger partial charge on any atom is -0.493 e. The van der Waals surface area contributed by atoms with Gasteiger partial charge in [0.25, 0.3) is 0 Å². The maximum atomic E-state index is 12.7. The summed E-state index contributed by atoms with van der Waals surface area (Å²) in [5.41, 5.74) is 1.89. The Morgan fingerprint density at radius 3 is 2.53 bits per heavy atom. The summed E-state index contributed by atoms with van der Waals surface area (Å²) in [5, 5.41) is 11.8. The molecule has 0 fully saturated rings. The van der Waals surface area contributed by atoms with E-state index < -0.39 is 32.0 Å². The van der Waals surface area contributed by atoms with E-state index in [0.717, 1.165) is 10.1 Å². The highest BCUT2D eigenvalue weighted by Gasteiger charge is 2.26. The summed E-state index contributed by atoms with van der Waals surface area (Å²) in [6, 6.07) is 10.4. The third kappa shape index (κ3) is 4.73. The van der Waals surface area contributed by atoms with E-state index in [4.69, 9.17) is 33.0 Å². The van der Waals surface area contributed by atoms with Crippen LogP contribution in [0.25, 0.3) is 11.6 Å². The second kappa shape index (κ2) is 8.71. The third-order valence-corrected chi connectivity index (χ3v) is 5.78. The van der Waals surface area contributed by atoms with E-state index in [-0.39, 0.29) is 5.69 Å². The second-order valence-corrected chi connectivity index (χ2v) is 9.02. The number of hydrogen-bond acceptors (Lipinski definition) is 5. The lowest BCUT2D eigenvalue weighted by Gasteiger charge is -2.19. The van der Waals surface area contributed by atoms with Gasteiger partial charge in [-0.2, -0.15) is 0 Å². The van der Waals surface area contributed by atoms with Crippen LogP contribution >= 0.6 is 31.0 Å². The molecular formula is C20H16Cl2N3O6P. The Morgan fingerprint density at radius 1 is 1.16 bits per heavy atom. The molecule has 0 saturated carbocycles. The summed E-state index contributed by atoms with van der Waals surface area (Å²) in [4.78, 5) is 37.8. The zero-order valence-electron chi connectivity index (χ0n) is 16.1. The van der Waals surface area contributed by atoms with Crippen LogP contribution in [0.3, 0.4) is 0 Å². The first-order valence-electron chi connectivity index (χ1n) is 9.17. The van der Waals surface area contributed by atoms with Gasteiger partial charge in [-0.25, -0.2) is 9.36 Å². The highest BCUT2D eigenvalue weighted by molar-refractivity contribution is 7.46. The minimum absolute atomic E-state index is 0.0920. The number of nitrogens with one attached hydrogen (secondary N) is 1. The van der Waals surface area contributed by atoms with Crippen molar-refractivity contribution in [1.29, 1.82) is 0 Å². The summed E-state index contributed by atoms with van der Waals surface area (Å²) < 4.78 is 16.9. The Bertz CT molecular complexity index is 1340. The number of aromatic nitrogens is 2. The number of hydrogen-bond donors (Lipinski definition) is 4. The number of aromatic amines is 1. The van der Waals surface area contributed by atoms with E-state index in [1.54, 1.807) is 54.8 Å². The average molecular weight is 496 g/mol. The fourth-order valence-corrected chi connectivity index (χ4v) is 3.98. The predicted octanol–water partition coefficient (Wildman–Crippen LogP) is 4.14. The fourth-order valence-electron chi connectivity index (χ4n) is 3.35. The van der Waals surface area contributed by atoms with Crippen molar-refractivity contribution < 1.29 is 24.0 Å². The number of nitrogens with zero attached hydrogens (tertiary/aromatic N) is 2. The van der Waals surface area contributed by atoms with Crippen LogP contribution in [0.15, 0.2) is 52.3 Å². The lowest BCUT2D eigenvalue weighted by molar-refractivity contribution is 0.175. The molecule has 12 heteroatoms. The van der Waals surface area contributed by atoms with Crippen molar-refractivity contribution in [2.45, 2.75) is 6.04 Å². The average Bonchev–Trinajstić information content (AvgIpc) is 3.23. The zero-order chi connectivity index (χ0) is 23.0. The largest absolute Gasteiger partial charge is 0.493 e. The number of phosphoric acid groups is 1. The van der Waals surface area contributed by atoms with E-state index >= 15 is 0 Å². The van der Waals surface area contributed by atoms with Gasteiger partial charge in [0.05, 0.1) is 18.3 Å². The maximum absolute atomic E-state index is 12.7. The molecule has 3 aromatic rings. The van der Waals surface area contributed by atoms with E-state index in [9.17, 15) is 14.5 Å². The Morgan fingerprint density at radius 2 is 1.84 bits per heavy atom. The molecule has 1 aliphatic heterocycles. The van der Waals surface area contributed by atoms with Gasteiger partial charge < -0.3 is 19.9 Å². The molecule has 0 aliphatic carbocycles. The molecule has 1 aromatic heterocycles. The number of phosphoric ester groups is 1. The molecule has 2 aromatic carbocycles. The number of fused-ring (bicyclic) bond motifs is 1. The molecule has 0 spiro atoms. The van der Waals surface area contributed by atoms with Gasteiger partial charge in [-0.15, -0.1) is 0 Å². The fraction of sp³-hybridized carbons (Fsp3) is 0.100. The molecule has 1 aliphatic rings. The van der Waals surface area contributed by atoms with Crippen LogP contribution in [-0.4, -0.2) is 37.3 Å². The number of imidazole rings is 1. The SMILES string of the molecule is O=c1[nH]c(/C=C2\C=Nc3cc(Cl)ccc32)c(O)n1C(COP(=O)(O)O)c1ccc(Cl)cc1. The van der Waals surface area contributed by atoms with E-state index in [1.807, 2.05) is 0 Å². The van der Waals surface area contributed by atoms with E-state index in [0.29, 0.717) is 26.9 Å². The molecule has 0 saturated heterocycles. The van der Waals surface area contributed by atoms with Gasteiger partial charge in [-0.3, -0.25) is 14.1 Å². The number of allylic oxidation sites excluding steroid dienone is 1. The molecule has 32 heavy (non-hydrogen) atoms. The van der Waals surface area contributed by atoms with Gasteiger partial charge in [0.15, 0.2) is 0 Å². The number of halogens is 2. The monoisotopic (exact) mass is 495 g/mol. The lowest BCUT2D eigenvalue weighted by atomic mass is 10.1. The summed E-state index contributed by atoms with van der Waals surface area (Å²) in [5.74, 6) is -0.437. The van der Waals surface area contributed by atoms with Crippen LogP contribution in [-0.2, 0) is 9.09 Å². The van der Waals surface area contributed by atoms with Gasteiger partial charge in [0.1, 0.15) is 5.69 Å². The molecule has 9 nitrogen and oxygen atoms in total. The van der Waals surface area contributed by atoms with Crippen molar-refractivity contribution in [2.24, 2.45) is 4.99 Å². The molecule has 0 bridgehead atoms. The molecule has 1 unspecified atom stereocenters. The Labute approximate surface area is 191 Å². The predicted molar refractivity (Wildman–Crippen MR) is 122 cm³/mol. The molecule has 4 rings (SSSR count). The summed E-state index contributed by atoms with van der Waals surface area (Å²) >= 11 is 11.9.